The Morgan fingerprint density at radius 2 is 1.79 bits per heavy atom. The summed E-state index contributed by atoms with van der Waals surface area (Å²) in [7, 11) is 0. The molecule has 0 radical (unpaired) electrons. The SMILES string of the molecule is CC(C)(C)OC(=O)C(=N)/C=C\C(=N)Cl. The van der Waals surface area contributed by atoms with Gasteiger partial charge in [0.15, 0.2) is 0 Å². The summed E-state index contributed by atoms with van der Waals surface area (Å²) in [6.45, 7) is 5.14. The first-order chi connectivity index (χ1) is 6.22. The molecule has 0 unspecified atom stereocenters. The van der Waals surface area contributed by atoms with Crippen molar-refractivity contribution in [3.63, 3.8) is 0 Å². The van der Waals surface area contributed by atoms with Crippen LogP contribution >= 0.6 is 11.6 Å². The van der Waals surface area contributed by atoms with Crippen molar-refractivity contribution in [2.45, 2.75) is 26.4 Å². The molecular formula is C9H13ClN2O2. The number of carbonyl (C=O) groups excluding carboxylic acids is 1. The normalized spacial score (nSPS) is 11.4. The molecule has 0 aromatic heterocycles. The Labute approximate surface area is 87.9 Å². The van der Waals surface area contributed by atoms with Crippen molar-refractivity contribution >= 4 is 28.5 Å². The van der Waals surface area contributed by atoms with Gasteiger partial charge in [0, 0.05) is 0 Å². The maximum atomic E-state index is 11.2. The van der Waals surface area contributed by atoms with Crippen molar-refractivity contribution in [2.24, 2.45) is 0 Å². The zero-order valence-corrected chi connectivity index (χ0v) is 9.11. The third kappa shape index (κ3) is 6.37. The molecule has 0 aliphatic carbocycles. The van der Waals surface area contributed by atoms with Crippen LogP contribution in [-0.2, 0) is 9.53 Å². The van der Waals surface area contributed by atoms with Gasteiger partial charge in [-0.2, -0.15) is 0 Å². The van der Waals surface area contributed by atoms with Gasteiger partial charge in [0.25, 0.3) is 0 Å². The molecule has 0 aliphatic rings. The predicted octanol–water partition coefficient (Wildman–Crippen LogP) is 2.12. The Morgan fingerprint density at radius 1 is 1.29 bits per heavy atom. The monoisotopic (exact) mass is 216 g/mol. The standard InChI is InChI=1S/C9H13ClN2O2/c1-9(2,3)14-8(13)6(11)4-5-7(10)12/h4-5,11-12H,1-3H3/b5-4-,11-6?,12-7?. The topological polar surface area (TPSA) is 74.0 Å². The molecule has 0 fully saturated rings. The van der Waals surface area contributed by atoms with E-state index in [-0.39, 0.29) is 10.9 Å². The van der Waals surface area contributed by atoms with Crippen LogP contribution in [0.4, 0.5) is 0 Å². The van der Waals surface area contributed by atoms with Crippen LogP contribution in [0.5, 0.6) is 0 Å². The van der Waals surface area contributed by atoms with Gasteiger partial charge in [0.05, 0.1) is 0 Å². The number of hydrogen-bond acceptors (Lipinski definition) is 4. The fourth-order valence-corrected chi connectivity index (χ4v) is 0.621. The highest BCUT2D eigenvalue weighted by Gasteiger charge is 2.18. The quantitative estimate of drug-likeness (QED) is 0.560. The number of halogens is 1. The third-order valence-corrected chi connectivity index (χ3v) is 1.14. The number of allylic oxidation sites excluding steroid dienone is 1. The Hall–Kier alpha value is -1.16. The Bertz CT molecular complexity index is 290. The average molecular weight is 217 g/mol. The molecule has 0 spiro atoms. The molecule has 2 N–H and O–H groups in total. The number of ether oxygens (including phenoxy) is 1. The lowest BCUT2D eigenvalue weighted by atomic mass is 10.2. The first-order valence-electron chi connectivity index (χ1n) is 3.96. The van der Waals surface area contributed by atoms with E-state index in [0.717, 1.165) is 12.2 Å². The molecule has 0 rings (SSSR count). The molecule has 0 saturated carbocycles. The van der Waals surface area contributed by atoms with Crippen LogP contribution in [-0.4, -0.2) is 22.5 Å². The molecule has 0 atom stereocenters. The van der Waals surface area contributed by atoms with Crippen molar-refractivity contribution in [2.75, 3.05) is 0 Å². The molecule has 4 nitrogen and oxygen atoms in total. The Morgan fingerprint density at radius 3 is 2.14 bits per heavy atom. The molecule has 0 bridgehead atoms. The maximum Gasteiger partial charge on any atom is 0.356 e. The van der Waals surface area contributed by atoms with Gasteiger partial charge in [-0.15, -0.1) is 0 Å². The summed E-state index contributed by atoms with van der Waals surface area (Å²) < 4.78 is 4.90. The summed E-state index contributed by atoms with van der Waals surface area (Å²) in [5.74, 6) is -0.730. The summed E-state index contributed by atoms with van der Waals surface area (Å²) in [5, 5.41) is 13.9. The van der Waals surface area contributed by atoms with E-state index in [0.29, 0.717) is 0 Å². The highest BCUT2D eigenvalue weighted by Crippen LogP contribution is 2.07. The van der Waals surface area contributed by atoms with E-state index in [1.54, 1.807) is 20.8 Å². The van der Waals surface area contributed by atoms with E-state index in [9.17, 15) is 4.79 Å². The van der Waals surface area contributed by atoms with E-state index < -0.39 is 11.6 Å². The second kappa shape index (κ2) is 4.91. The second-order valence-electron chi connectivity index (χ2n) is 3.60. The second-order valence-corrected chi connectivity index (χ2v) is 4.00. The summed E-state index contributed by atoms with van der Waals surface area (Å²) in [5.41, 5.74) is -0.948. The third-order valence-electron chi connectivity index (χ3n) is 1.02. The van der Waals surface area contributed by atoms with E-state index in [1.807, 2.05) is 0 Å². The van der Waals surface area contributed by atoms with Crippen LogP contribution < -0.4 is 0 Å². The van der Waals surface area contributed by atoms with Gasteiger partial charge in [-0.1, -0.05) is 11.6 Å². The first kappa shape index (κ1) is 12.8. The van der Waals surface area contributed by atoms with Gasteiger partial charge in [0.1, 0.15) is 16.5 Å². The van der Waals surface area contributed by atoms with Crippen LogP contribution in [0.1, 0.15) is 20.8 Å². The van der Waals surface area contributed by atoms with Crippen molar-refractivity contribution in [1.29, 1.82) is 10.8 Å². The lowest BCUT2D eigenvalue weighted by molar-refractivity contribution is -0.146. The van der Waals surface area contributed by atoms with E-state index >= 15 is 0 Å². The van der Waals surface area contributed by atoms with E-state index in [2.05, 4.69) is 0 Å². The van der Waals surface area contributed by atoms with Gasteiger partial charge in [0.2, 0.25) is 0 Å². The predicted molar refractivity (Wildman–Crippen MR) is 56.3 cm³/mol. The number of nitrogens with one attached hydrogen (secondary N) is 2. The van der Waals surface area contributed by atoms with Gasteiger partial charge in [-0.25, -0.2) is 4.79 Å². The zero-order chi connectivity index (χ0) is 11.4. The molecule has 5 heteroatoms. The molecule has 78 valence electrons. The number of carbonyl (C=O) groups is 1. The van der Waals surface area contributed by atoms with Crippen LogP contribution in [0.3, 0.4) is 0 Å². The van der Waals surface area contributed by atoms with E-state index in [4.69, 9.17) is 27.2 Å². The van der Waals surface area contributed by atoms with Crippen LogP contribution in [0.2, 0.25) is 0 Å². The van der Waals surface area contributed by atoms with Crippen molar-refractivity contribution < 1.29 is 9.53 Å². The van der Waals surface area contributed by atoms with E-state index in [1.165, 1.54) is 0 Å². The lowest BCUT2D eigenvalue weighted by Crippen LogP contribution is -2.27. The zero-order valence-electron chi connectivity index (χ0n) is 8.35. The maximum absolute atomic E-state index is 11.2. The van der Waals surface area contributed by atoms with Gasteiger partial charge in [-0.05, 0) is 32.9 Å². The molecular weight excluding hydrogens is 204 g/mol. The van der Waals surface area contributed by atoms with Crippen molar-refractivity contribution in [1.82, 2.24) is 0 Å². The molecule has 0 amide bonds. The minimum atomic E-state index is -0.730. The van der Waals surface area contributed by atoms with Crippen molar-refractivity contribution in [3.05, 3.63) is 12.2 Å². The average Bonchev–Trinajstić information content (AvgIpc) is 1.96. The summed E-state index contributed by atoms with van der Waals surface area (Å²) in [6.07, 6.45) is 2.28. The van der Waals surface area contributed by atoms with Crippen LogP contribution in [0.15, 0.2) is 12.2 Å². The lowest BCUT2D eigenvalue weighted by Gasteiger charge is -2.18. The summed E-state index contributed by atoms with van der Waals surface area (Å²) in [4.78, 5) is 11.2. The Kier molecular flexibility index (Phi) is 4.50. The van der Waals surface area contributed by atoms with Crippen LogP contribution in [0, 0.1) is 10.8 Å². The molecule has 0 saturated heterocycles. The largest absolute Gasteiger partial charge is 0.455 e. The Balaban J connectivity index is 4.28. The molecule has 14 heavy (non-hydrogen) atoms. The minimum Gasteiger partial charge on any atom is -0.455 e. The molecule has 0 aromatic rings. The van der Waals surface area contributed by atoms with Gasteiger partial charge >= 0.3 is 5.97 Å². The number of hydrogen-bond donors (Lipinski definition) is 2. The van der Waals surface area contributed by atoms with Gasteiger partial charge < -0.3 is 4.74 Å². The molecule has 0 heterocycles. The number of esters is 1. The fraction of sp³-hybridized carbons (Fsp3) is 0.444. The summed E-state index contributed by atoms with van der Waals surface area (Å²) >= 11 is 5.21. The summed E-state index contributed by atoms with van der Waals surface area (Å²) in [6, 6.07) is 0. The van der Waals surface area contributed by atoms with Crippen LogP contribution in [0.25, 0.3) is 0 Å². The first-order valence-corrected chi connectivity index (χ1v) is 4.34. The highest BCUT2D eigenvalue weighted by molar-refractivity contribution is 6.67. The fourth-order valence-electron chi connectivity index (χ4n) is 0.558. The minimum absolute atomic E-state index is 0.238. The van der Waals surface area contributed by atoms with Gasteiger partial charge in [-0.3, -0.25) is 10.8 Å². The highest BCUT2D eigenvalue weighted by atomic mass is 35.5. The molecule has 0 aromatic carbocycles. The van der Waals surface area contributed by atoms with Crippen molar-refractivity contribution in [3.8, 4) is 0 Å². The smallest absolute Gasteiger partial charge is 0.356 e. The molecule has 0 aliphatic heterocycles. The number of rotatable bonds is 3.